The Morgan fingerprint density at radius 3 is 2.25 bits per heavy atom. The zero-order valence-electron chi connectivity index (χ0n) is 8.10. The fourth-order valence-corrected chi connectivity index (χ4v) is 1.21. The zero-order chi connectivity index (χ0) is 12.2. The van der Waals surface area contributed by atoms with Gasteiger partial charge in [0, 0.05) is 4.47 Å². The second-order valence-electron chi connectivity index (χ2n) is 3.18. The molecule has 0 aromatic heterocycles. The van der Waals surface area contributed by atoms with Crippen LogP contribution in [0.1, 0.15) is 5.56 Å². The third-order valence-electron chi connectivity index (χ3n) is 1.80. The minimum atomic E-state index is -4.09. The quantitative estimate of drug-likeness (QED) is 0.750. The summed E-state index contributed by atoms with van der Waals surface area (Å²) in [6.07, 6.45) is -3.70. The number of hydrogen-bond donors (Lipinski definition) is 0. The molecule has 0 aliphatic carbocycles. The number of alkyl halides is 4. The van der Waals surface area contributed by atoms with Crippen molar-refractivity contribution >= 4 is 15.9 Å². The SMILES string of the molecule is FC(F)C(F)(F)COCc1ccc(Br)cc1. The van der Waals surface area contributed by atoms with Crippen LogP contribution in [-0.4, -0.2) is 19.0 Å². The summed E-state index contributed by atoms with van der Waals surface area (Å²) in [4.78, 5) is 0. The zero-order valence-corrected chi connectivity index (χ0v) is 9.69. The predicted octanol–water partition coefficient (Wildman–Crippen LogP) is 3.87. The Hall–Kier alpha value is -0.620. The van der Waals surface area contributed by atoms with Crippen LogP contribution in [0.5, 0.6) is 0 Å². The van der Waals surface area contributed by atoms with E-state index in [1.54, 1.807) is 24.3 Å². The molecule has 0 spiro atoms. The molecule has 0 saturated heterocycles. The minimum Gasteiger partial charge on any atom is -0.370 e. The van der Waals surface area contributed by atoms with Gasteiger partial charge < -0.3 is 4.74 Å². The molecule has 0 atom stereocenters. The van der Waals surface area contributed by atoms with Crippen LogP contribution in [0.2, 0.25) is 0 Å². The Bertz CT molecular complexity index is 326. The monoisotopic (exact) mass is 300 g/mol. The van der Waals surface area contributed by atoms with E-state index in [-0.39, 0.29) is 6.61 Å². The topological polar surface area (TPSA) is 9.23 Å². The summed E-state index contributed by atoms with van der Waals surface area (Å²) in [6, 6.07) is 6.74. The third-order valence-corrected chi connectivity index (χ3v) is 2.32. The van der Waals surface area contributed by atoms with Crippen molar-refractivity contribution in [2.24, 2.45) is 0 Å². The average molecular weight is 301 g/mol. The predicted molar refractivity (Wildman–Crippen MR) is 54.7 cm³/mol. The second-order valence-corrected chi connectivity index (χ2v) is 4.10. The standard InChI is InChI=1S/C10H9BrF4O/c11-8-3-1-7(2-4-8)5-16-6-10(14,15)9(12)13/h1-4,9H,5-6H2. The molecule has 0 radical (unpaired) electrons. The van der Waals surface area contributed by atoms with Crippen molar-refractivity contribution in [2.75, 3.05) is 6.61 Å². The van der Waals surface area contributed by atoms with E-state index in [2.05, 4.69) is 20.7 Å². The van der Waals surface area contributed by atoms with Crippen LogP contribution < -0.4 is 0 Å². The fraction of sp³-hybridized carbons (Fsp3) is 0.400. The van der Waals surface area contributed by atoms with Gasteiger partial charge in [-0.25, -0.2) is 8.78 Å². The van der Waals surface area contributed by atoms with Gasteiger partial charge in [-0.15, -0.1) is 0 Å². The molecule has 16 heavy (non-hydrogen) atoms. The molecule has 6 heteroatoms. The van der Waals surface area contributed by atoms with Crippen molar-refractivity contribution in [1.29, 1.82) is 0 Å². The van der Waals surface area contributed by atoms with E-state index in [1.165, 1.54) is 0 Å². The summed E-state index contributed by atoms with van der Waals surface area (Å²) in [5, 5.41) is 0. The van der Waals surface area contributed by atoms with Gasteiger partial charge >= 0.3 is 12.3 Å². The Kier molecular flexibility index (Phi) is 4.73. The third kappa shape index (κ3) is 4.09. The van der Waals surface area contributed by atoms with Gasteiger partial charge in [0.05, 0.1) is 6.61 Å². The van der Waals surface area contributed by atoms with Gasteiger partial charge in [0.1, 0.15) is 6.61 Å². The van der Waals surface area contributed by atoms with Gasteiger partial charge in [-0.2, -0.15) is 8.78 Å². The molecular formula is C10H9BrF4O. The lowest BCUT2D eigenvalue weighted by atomic mass is 10.2. The highest BCUT2D eigenvalue weighted by atomic mass is 79.9. The van der Waals surface area contributed by atoms with Crippen LogP contribution in [0, 0.1) is 0 Å². The molecule has 0 heterocycles. The lowest BCUT2D eigenvalue weighted by molar-refractivity contribution is -0.168. The molecule has 0 N–H and O–H groups in total. The number of ether oxygens (including phenoxy) is 1. The van der Waals surface area contributed by atoms with Gasteiger partial charge in [0.25, 0.3) is 0 Å². The maximum atomic E-state index is 12.4. The number of hydrogen-bond acceptors (Lipinski definition) is 1. The van der Waals surface area contributed by atoms with Crippen molar-refractivity contribution in [3.8, 4) is 0 Å². The smallest absolute Gasteiger partial charge is 0.330 e. The van der Waals surface area contributed by atoms with Gasteiger partial charge in [-0.05, 0) is 17.7 Å². The Morgan fingerprint density at radius 2 is 1.75 bits per heavy atom. The van der Waals surface area contributed by atoms with Crippen molar-refractivity contribution in [2.45, 2.75) is 19.0 Å². The Labute approximate surface area is 98.5 Å². The lowest BCUT2D eigenvalue weighted by Crippen LogP contribution is -2.32. The molecule has 0 unspecified atom stereocenters. The fourth-order valence-electron chi connectivity index (χ4n) is 0.949. The van der Waals surface area contributed by atoms with E-state index < -0.39 is 19.0 Å². The van der Waals surface area contributed by atoms with Crippen LogP contribution in [0.15, 0.2) is 28.7 Å². The normalized spacial score (nSPS) is 12.1. The van der Waals surface area contributed by atoms with E-state index in [0.29, 0.717) is 5.56 Å². The van der Waals surface area contributed by atoms with Crippen LogP contribution >= 0.6 is 15.9 Å². The summed E-state index contributed by atoms with van der Waals surface area (Å²) >= 11 is 3.20. The summed E-state index contributed by atoms with van der Waals surface area (Å²) < 4.78 is 53.8. The maximum Gasteiger partial charge on any atom is 0.330 e. The van der Waals surface area contributed by atoms with Gasteiger partial charge in [0.2, 0.25) is 0 Å². The van der Waals surface area contributed by atoms with Gasteiger partial charge in [-0.1, -0.05) is 28.1 Å². The highest BCUT2D eigenvalue weighted by Gasteiger charge is 2.40. The summed E-state index contributed by atoms with van der Waals surface area (Å²) in [7, 11) is 0. The summed E-state index contributed by atoms with van der Waals surface area (Å²) in [5.41, 5.74) is 0.647. The molecule has 0 amide bonds. The van der Waals surface area contributed by atoms with Crippen molar-refractivity contribution in [3.63, 3.8) is 0 Å². The van der Waals surface area contributed by atoms with Crippen LogP contribution in [0.25, 0.3) is 0 Å². The van der Waals surface area contributed by atoms with Crippen molar-refractivity contribution in [1.82, 2.24) is 0 Å². The molecule has 0 aliphatic rings. The lowest BCUT2D eigenvalue weighted by Gasteiger charge is -2.15. The highest BCUT2D eigenvalue weighted by molar-refractivity contribution is 9.10. The van der Waals surface area contributed by atoms with Crippen LogP contribution in [0.3, 0.4) is 0 Å². The first-order valence-electron chi connectivity index (χ1n) is 4.40. The molecule has 1 nitrogen and oxygen atoms in total. The van der Waals surface area contributed by atoms with Crippen LogP contribution in [-0.2, 0) is 11.3 Å². The van der Waals surface area contributed by atoms with E-state index in [0.717, 1.165) is 4.47 Å². The number of halogens is 5. The summed E-state index contributed by atoms with van der Waals surface area (Å²) in [6.45, 7) is -1.39. The minimum absolute atomic E-state index is 0.115. The molecule has 90 valence electrons. The molecule has 0 bridgehead atoms. The molecule has 0 saturated carbocycles. The molecule has 0 fully saturated rings. The first kappa shape index (κ1) is 13.4. The van der Waals surface area contributed by atoms with Gasteiger partial charge in [0.15, 0.2) is 0 Å². The second kappa shape index (κ2) is 5.63. The first-order valence-corrected chi connectivity index (χ1v) is 5.19. The Morgan fingerprint density at radius 1 is 1.19 bits per heavy atom. The van der Waals surface area contributed by atoms with Gasteiger partial charge in [-0.3, -0.25) is 0 Å². The molecule has 0 aliphatic heterocycles. The van der Waals surface area contributed by atoms with Crippen LogP contribution in [0.4, 0.5) is 17.6 Å². The van der Waals surface area contributed by atoms with E-state index in [9.17, 15) is 17.6 Å². The largest absolute Gasteiger partial charge is 0.370 e. The van der Waals surface area contributed by atoms with Crippen molar-refractivity contribution < 1.29 is 22.3 Å². The van der Waals surface area contributed by atoms with E-state index in [4.69, 9.17) is 0 Å². The maximum absolute atomic E-state index is 12.4. The molecule has 1 aromatic rings. The molecular weight excluding hydrogens is 292 g/mol. The number of benzene rings is 1. The molecule has 1 rings (SSSR count). The first-order chi connectivity index (χ1) is 7.42. The Balaban J connectivity index is 2.39. The highest BCUT2D eigenvalue weighted by Crippen LogP contribution is 2.23. The van der Waals surface area contributed by atoms with E-state index in [1.807, 2.05) is 0 Å². The van der Waals surface area contributed by atoms with Crippen molar-refractivity contribution in [3.05, 3.63) is 34.3 Å². The van der Waals surface area contributed by atoms with E-state index >= 15 is 0 Å². The average Bonchev–Trinajstić information content (AvgIpc) is 2.20. The summed E-state index contributed by atoms with van der Waals surface area (Å²) in [5.74, 6) is -4.09. The number of rotatable bonds is 5. The molecule has 1 aromatic carbocycles.